The van der Waals surface area contributed by atoms with Crippen molar-refractivity contribution in [3.63, 3.8) is 0 Å². The van der Waals surface area contributed by atoms with Crippen molar-refractivity contribution in [2.24, 2.45) is 5.92 Å². The smallest absolute Gasteiger partial charge is 0.407 e. The molecule has 168 valence electrons. The Balaban J connectivity index is 1.41. The molecule has 2 saturated heterocycles. The lowest BCUT2D eigenvalue weighted by molar-refractivity contribution is -0.125. The van der Waals surface area contributed by atoms with Gasteiger partial charge in [-0.15, -0.1) is 0 Å². The number of rotatable bonds is 4. The number of nitrogens with one attached hydrogen (secondary N) is 1. The molecule has 1 aromatic heterocycles. The number of fused-ring (bicyclic) bond motifs is 1. The maximum absolute atomic E-state index is 15.1. The number of nitrogens with zero attached hydrogens (tertiary/aromatic N) is 5. The number of amides is 2. The van der Waals surface area contributed by atoms with Crippen LogP contribution in [0.15, 0.2) is 24.5 Å². The molecular weight excluding hydrogens is 415 g/mol. The van der Waals surface area contributed by atoms with Crippen LogP contribution in [0.4, 0.5) is 14.9 Å². The largest absolute Gasteiger partial charge is 0.465 e. The average Bonchev–Trinajstić information content (AvgIpc) is 3.12. The van der Waals surface area contributed by atoms with E-state index < -0.39 is 11.8 Å². The highest BCUT2D eigenvalue weighted by Crippen LogP contribution is 2.32. The van der Waals surface area contributed by atoms with E-state index in [9.17, 15) is 14.9 Å². The summed E-state index contributed by atoms with van der Waals surface area (Å²) in [6, 6.07) is 5.54. The van der Waals surface area contributed by atoms with Crippen LogP contribution >= 0.6 is 0 Å². The molecule has 2 aliphatic rings. The predicted molar refractivity (Wildman–Crippen MR) is 115 cm³/mol. The highest BCUT2D eigenvalue weighted by atomic mass is 19.1. The number of carbonyl (C=O) groups excluding carboxylic acids is 1. The van der Waals surface area contributed by atoms with Crippen LogP contribution in [0.3, 0.4) is 0 Å². The van der Waals surface area contributed by atoms with Gasteiger partial charge in [0.1, 0.15) is 22.8 Å². The van der Waals surface area contributed by atoms with Gasteiger partial charge in [0.15, 0.2) is 0 Å². The highest BCUT2D eigenvalue weighted by molar-refractivity contribution is 5.92. The van der Waals surface area contributed by atoms with Gasteiger partial charge in [0.25, 0.3) is 0 Å². The van der Waals surface area contributed by atoms with Crippen LogP contribution < -0.4 is 10.2 Å². The Bertz CT molecular complexity index is 1080. The van der Waals surface area contributed by atoms with Crippen LogP contribution in [0.2, 0.25) is 0 Å². The van der Waals surface area contributed by atoms with Crippen LogP contribution in [0.5, 0.6) is 0 Å². The summed E-state index contributed by atoms with van der Waals surface area (Å²) in [5.41, 5.74) is 0.796. The zero-order chi connectivity index (χ0) is 22.9. The number of hydrogen-bond donors (Lipinski definition) is 2. The maximum Gasteiger partial charge on any atom is 0.407 e. The summed E-state index contributed by atoms with van der Waals surface area (Å²) in [5.74, 6) is -0.231. The molecule has 0 bridgehead atoms. The number of alkyl halides is 1. The lowest BCUT2D eigenvalue weighted by atomic mass is 9.89. The number of hydrogen-bond acceptors (Lipinski definition) is 6. The van der Waals surface area contributed by atoms with Gasteiger partial charge >= 0.3 is 6.09 Å². The highest BCUT2D eigenvalue weighted by Gasteiger charge is 2.39. The lowest BCUT2D eigenvalue weighted by Gasteiger charge is -2.34. The van der Waals surface area contributed by atoms with E-state index in [1.165, 1.54) is 4.90 Å². The van der Waals surface area contributed by atoms with Gasteiger partial charge < -0.3 is 20.2 Å². The fourth-order valence-corrected chi connectivity index (χ4v) is 4.56. The summed E-state index contributed by atoms with van der Waals surface area (Å²) in [7, 11) is 0. The Morgan fingerprint density at radius 2 is 1.94 bits per heavy atom. The standard InChI is InChI=1S/C22H25FN6O3/c1-14-12-29(17-3-2-15(11-24)19-20(17)26-7-6-25-19)13-16(14)27-18(30)10-22(23)4-8-28(9-5-22)21(31)32/h2-3,6-7,14,16H,4-5,8-10,12-13H2,1H3,(H,27,30)(H,31,32)/t14-,16+/m1/s1. The molecule has 0 radical (unpaired) electrons. The minimum absolute atomic E-state index is 0.0228. The molecule has 0 aliphatic carbocycles. The molecule has 9 nitrogen and oxygen atoms in total. The molecule has 0 spiro atoms. The zero-order valence-electron chi connectivity index (χ0n) is 17.8. The monoisotopic (exact) mass is 440 g/mol. The maximum atomic E-state index is 15.1. The number of benzene rings is 1. The van der Waals surface area contributed by atoms with Gasteiger partial charge in [-0.3, -0.25) is 14.8 Å². The molecule has 2 atom stereocenters. The summed E-state index contributed by atoms with van der Waals surface area (Å²) in [6.07, 6.45) is 1.86. The van der Waals surface area contributed by atoms with Gasteiger partial charge in [-0.25, -0.2) is 9.18 Å². The third-order valence-electron chi connectivity index (χ3n) is 6.43. The Labute approximate surface area is 184 Å². The van der Waals surface area contributed by atoms with E-state index in [1.807, 2.05) is 13.0 Å². The quantitative estimate of drug-likeness (QED) is 0.748. The molecule has 32 heavy (non-hydrogen) atoms. The van der Waals surface area contributed by atoms with Gasteiger partial charge in [0.2, 0.25) is 5.91 Å². The molecule has 0 unspecified atom stereocenters. The second kappa shape index (κ2) is 8.57. The third-order valence-corrected chi connectivity index (χ3v) is 6.43. The van der Waals surface area contributed by atoms with E-state index in [0.717, 1.165) is 5.69 Å². The normalized spacial score (nSPS) is 22.5. The van der Waals surface area contributed by atoms with Crippen molar-refractivity contribution in [3.05, 3.63) is 30.1 Å². The first-order valence-electron chi connectivity index (χ1n) is 10.6. The Kier molecular flexibility index (Phi) is 5.82. The minimum atomic E-state index is -1.68. The first-order valence-corrected chi connectivity index (χ1v) is 10.6. The molecule has 0 saturated carbocycles. The Morgan fingerprint density at radius 3 is 2.59 bits per heavy atom. The van der Waals surface area contributed by atoms with Crippen LogP contribution in [0.1, 0.15) is 31.7 Å². The van der Waals surface area contributed by atoms with Crippen LogP contribution in [-0.4, -0.2) is 69.9 Å². The first-order chi connectivity index (χ1) is 15.3. The van der Waals surface area contributed by atoms with Crippen LogP contribution in [0.25, 0.3) is 11.0 Å². The van der Waals surface area contributed by atoms with Crippen molar-refractivity contribution in [3.8, 4) is 6.07 Å². The van der Waals surface area contributed by atoms with Crippen molar-refractivity contribution in [1.29, 1.82) is 5.26 Å². The summed E-state index contributed by atoms with van der Waals surface area (Å²) in [4.78, 5) is 35.6. The molecule has 2 fully saturated rings. The van der Waals surface area contributed by atoms with Crippen molar-refractivity contribution in [2.45, 2.75) is 37.9 Å². The Morgan fingerprint density at radius 1 is 1.25 bits per heavy atom. The Hall–Kier alpha value is -3.48. The van der Waals surface area contributed by atoms with Gasteiger partial charge in [-0.1, -0.05) is 6.92 Å². The predicted octanol–water partition coefficient (Wildman–Crippen LogP) is 2.31. The summed E-state index contributed by atoms with van der Waals surface area (Å²) in [6.45, 7) is 3.44. The number of likely N-dealkylation sites (tertiary alicyclic amines) is 1. The van der Waals surface area contributed by atoms with E-state index in [2.05, 4.69) is 26.3 Å². The number of nitriles is 1. The van der Waals surface area contributed by atoms with E-state index >= 15 is 4.39 Å². The van der Waals surface area contributed by atoms with E-state index in [1.54, 1.807) is 18.5 Å². The number of halogens is 1. The van der Waals surface area contributed by atoms with Crippen molar-refractivity contribution < 1.29 is 19.1 Å². The molecule has 10 heteroatoms. The SMILES string of the molecule is C[C@@H]1CN(c2ccc(C#N)c3nccnc23)C[C@@H]1NC(=O)CC1(F)CCN(C(=O)O)CC1. The van der Waals surface area contributed by atoms with Crippen molar-refractivity contribution in [2.75, 3.05) is 31.1 Å². The summed E-state index contributed by atoms with van der Waals surface area (Å²) in [5, 5.41) is 21.3. The number of anilines is 1. The van der Waals surface area contributed by atoms with Gasteiger partial charge in [0, 0.05) is 38.6 Å². The van der Waals surface area contributed by atoms with Crippen LogP contribution in [-0.2, 0) is 4.79 Å². The molecule has 2 aromatic rings. The molecule has 3 heterocycles. The molecule has 4 rings (SSSR count). The number of aromatic nitrogens is 2. The van der Waals surface area contributed by atoms with E-state index in [-0.39, 0.29) is 50.2 Å². The number of piperidine rings is 1. The van der Waals surface area contributed by atoms with Crippen molar-refractivity contribution in [1.82, 2.24) is 20.2 Å². The second-order valence-electron chi connectivity index (χ2n) is 8.65. The topological polar surface area (TPSA) is 122 Å². The molecule has 2 N–H and O–H groups in total. The van der Waals surface area contributed by atoms with Gasteiger partial charge in [-0.2, -0.15) is 5.26 Å². The van der Waals surface area contributed by atoms with E-state index in [4.69, 9.17) is 5.11 Å². The van der Waals surface area contributed by atoms with Crippen LogP contribution in [0, 0.1) is 17.2 Å². The molecular formula is C22H25FN6O3. The first kappa shape index (κ1) is 21.7. The summed E-state index contributed by atoms with van der Waals surface area (Å²) >= 11 is 0. The molecule has 1 aromatic carbocycles. The summed E-state index contributed by atoms with van der Waals surface area (Å²) < 4.78 is 15.1. The fourth-order valence-electron chi connectivity index (χ4n) is 4.56. The third kappa shape index (κ3) is 4.28. The number of carboxylic acid groups (broad SMARTS) is 1. The molecule has 2 amide bonds. The number of carbonyl (C=O) groups is 2. The van der Waals surface area contributed by atoms with Gasteiger partial charge in [-0.05, 0) is 30.9 Å². The van der Waals surface area contributed by atoms with E-state index in [0.29, 0.717) is 29.7 Å². The average molecular weight is 440 g/mol. The zero-order valence-corrected chi connectivity index (χ0v) is 17.8. The minimum Gasteiger partial charge on any atom is -0.465 e. The lowest BCUT2D eigenvalue weighted by Crippen LogP contribution is -2.48. The molecule has 2 aliphatic heterocycles. The van der Waals surface area contributed by atoms with Crippen molar-refractivity contribution >= 4 is 28.7 Å². The van der Waals surface area contributed by atoms with Gasteiger partial charge in [0.05, 0.1) is 23.7 Å². The second-order valence-corrected chi connectivity index (χ2v) is 8.65. The fraction of sp³-hybridized carbons (Fsp3) is 0.500.